The number of Topliss-reactive ketones (excluding diaryl/α,β-unsaturated/α-hetero) is 1. The standard InChI is InChI=1S/C35H40N2O5/c38-32(26-9-2-1-3-10-26)29-13-6-7-14-30(29)37-31(34(40)41)23-25-15-17-28(18-16-25)42-22-8-21-36-24-35(19-20-35)33(39)27-11-4-5-12-27/h1-3,6-7,9-10,13-18,27,31,36-37H,4-5,8,11-12,19-24H2,(H,40,41). The number of para-hydroxylation sites is 1. The van der Waals surface area contributed by atoms with E-state index in [-0.39, 0.29) is 17.6 Å². The molecule has 42 heavy (non-hydrogen) atoms. The molecule has 0 spiro atoms. The van der Waals surface area contributed by atoms with Gasteiger partial charge in [-0.1, -0.05) is 67.4 Å². The number of carbonyl (C=O) groups is 3. The van der Waals surface area contributed by atoms with Crippen LogP contribution in [-0.2, 0) is 16.0 Å². The molecule has 2 aliphatic rings. The second-order valence-corrected chi connectivity index (χ2v) is 11.6. The molecule has 7 nitrogen and oxygen atoms in total. The van der Waals surface area contributed by atoms with Gasteiger partial charge in [0.25, 0.3) is 0 Å². The molecule has 3 aromatic carbocycles. The van der Waals surface area contributed by atoms with E-state index in [0.29, 0.717) is 35.1 Å². The predicted molar refractivity (Wildman–Crippen MR) is 163 cm³/mol. The number of rotatable bonds is 16. The van der Waals surface area contributed by atoms with Crippen molar-refractivity contribution in [2.45, 2.75) is 57.4 Å². The van der Waals surface area contributed by atoms with Crippen molar-refractivity contribution in [2.75, 3.05) is 25.0 Å². The van der Waals surface area contributed by atoms with Gasteiger partial charge in [0, 0.05) is 41.1 Å². The predicted octanol–water partition coefficient (Wildman–Crippen LogP) is 5.92. The highest BCUT2D eigenvalue weighted by Gasteiger charge is 2.51. The molecule has 0 bridgehead atoms. The lowest BCUT2D eigenvalue weighted by Gasteiger charge is -2.19. The molecule has 5 rings (SSSR count). The van der Waals surface area contributed by atoms with Gasteiger partial charge in [0.15, 0.2) is 5.78 Å². The van der Waals surface area contributed by atoms with E-state index in [1.807, 2.05) is 30.3 Å². The van der Waals surface area contributed by atoms with Crippen LogP contribution in [0.1, 0.15) is 66.4 Å². The summed E-state index contributed by atoms with van der Waals surface area (Å²) in [7, 11) is 0. The number of carboxylic acid groups (broad SMARTS) is 1. The third-order valence-electron chi connectivity index (χ3n) is 8.53. The average molecular weight is 569 g/mol. The van der Waals surface area contributed by atoms with Gasteiger partial charge < -0.3 is 20.5 Å². The topological polar surface area (TPSA) is 105 Å². The molecule has 0 aliphatic heterocycles. The Labute approximate surface area is 247 Å². The van der Waals surface area contributed by atoms with Gasteiger partial charge in [-0.15, -0.1) is 0 Å². The van der Waals surface area contributed by atoms with E-state index in [4.69, 9.17) is 4.74 Å². The maximum absolute atomic E-state index is 13.1. The summed E-state index contributed by atoms with van der Waals surface area (Å²) in [6.07, 6.45) is 7.66. The van der Waals surface area contributed by atoms with Crippen LogP contribution in [0.15, 0.2) is 78.9 Å². The molecule has 0 amide bonds. The lowest BCUT2D eigenvalue weighted by molar-refractivity contribution is -0.137. The summed E-state index contributed by atoms with van der Waals surface area (Å²) in [5.41, 5.74) is 2.21. The van der Waals surface area contributed by atoms with E-state index in [1.54, 1.807) is 48.5 Å². The zero-order valence-electron chi connectivity index (χ0n) is 24.0. The minimum Gasteiger partial charge on any atom is -0.494 e. The lowest BCUT2D eigenvalue weighted by atomic mass is 9.89. The van der Waals surface area contributed by atoms with E-state index >= 15 is 0 Å². The smallest absolute Gasteiger partial charge is 0.326 e. The van der Waals surface area contributed by atoms with Crippen LogP contribution < -0.4 is 15.4 Å². The van der Waals surface area contributed by atoms with Crippen LogP contribution in [0.4, 0.5) is 5.69 Å². The normalized spacial score (nSPS) is 16.5. The second-order valence-electron chi connectivity index (χ2n) is 11.6. The first-order valence-electron chi connectivity index (χ1n) is 15.1. The van der Waals surface area contributed by atoms with Gasteiger partial charge in [-0.2, -0.15) is 0 Å². The molecule has 3 aromatic rings. The molecule has 0 saturated heterocycles. The Bertz CT molecular complexity index is 1360. The minimum atomic E-state index is -0.997. The van der Waals surface area contributed by atoms with Crippen molar-refractivity contribution in [2.24, 2.45) is 11.3 Å². The molecular formula is C35H40N2O5. The van der Waals surface area contributed by atoms with Crippen LogP contribution in [0.2, 0.25) is 0 Å². The van der Waals surface area contributed by atoms with Gasteiger partial charge in [0.1, 0.15) is 17.6 Å². The summed E-state index contributed by atoms with van der Waals surface area (Å²) in [5.74, 6) is 0.357. The van der Waals surface area contributed by atoms with Crippen molar-refractivity contribution in [3.8, 4) is 5.75 Å². The fourth-order valence-electron chi connectivity index (χ4n) is 5.89. The maximum atomic E-state index is 13.1. The number of carbonyl (C=O) groups excluding carboxylic acids is 2. The summed E-state index contributed by atoms with van der Waals surface area (Å²) in [6, 6.07) is 22.5. The van der Waals surface area contributed by atoms with Crippen LogP contribution in [0.25, 0.3) is 0 Å². The zero-order valence-corrected chi connectivity index (χ0v) is 24.0. The summed E-state index contributed by atoms with van der Waals surface area (Å²) in [5, 5.41) is 16.5. The molecule has 1 atom stereocenters. The molecule has 0 heterocycles. The van der Waals surface area contributed by atoms with Crippen molar-refractivity contribution in [1.29, 1.82) is 0 Å². The summed E-state index contributed by atoms with van der Waals surface area (Å²) in [6.45, 7) is 2.14. The molecule has 1 unspecified atom stereocenters. The van der Waals surface area contributed by atoms with Gasteiger partial charge >= 0.3 is 5.97 Å². The molecule has 7 heteroatoms. The molecule has 2 fully saturated rings. The quantitative estimate of drug-likeness (QED) is 0.145. The molecule has 220 valence electrons. The lowest BCUT2D eigenvalue weighted by Crippen LogP contribution is -2.34. The van der Waals surface area contributed by atoms with E-state index in [1.165, 1.54) is 12.8 Å². The van der Waals surface area contributed by atoms with Gasteiger partial charge in [0.2, 0.25) is 0 Å². The third kappa shape index (κ3) is 7.45. The summed E-state index contributed by atoms with van der Waals surface area (Å²) >= 11 is 0. The first-order valence-corrected chi connectivity index (χ1v) is 15.1. The van der Waals surface area contributed by atoms with Gasteiger partial charge in [-0.25, -0.2) is 4.79 Å². The molecule has 2 aliphatic carbocycles. The number of nitrogens with one attached hydrogen (secondary N) is 2. The number of hydrogen-bond donors (Lipinski definition) is 3. The molecule has 0 aromatic heterocycles. The monoisotopic (exact) mass is 568 g/mol. The SMILES string of the molecule is O=C(c1ccccc1)c1ccccc1NC(Cc1ccc(OCCCNCC2(C(=O)C3CCCC3)CC2)cc1)C(=O)O. The Balaban J connectivity index is 1.08. The van der Waals surface area contributed by atoms with E-state index in [9.17, 15) is 19.5 Å². The van der Waals surface area contributed by atoms with Crippen LogP contribution in [0.3, 0.4) is 0 Å². The zero-order chi connectivity index (χ0) is 29.4. The highest BCUT2D eigenvalue weighted by atomic mass is 16.5. The van der Waals surface area contributed by atoms with Crippen LogP contribution in [0.5, 0.6) is 5.75 Å². The Kier molecular flexibility index (Phi) is 9.70. The fraction of sp³-hybridized carbons (Fsp3) is 0.400. The van der Waals surface area contributed by atoms with Crippen molar-refractivity contribution < 1.29 is 24.2 Å². The first-order chi connectivity index (χ1) is 20.4. The van der Waals surface area contributed by atoms with Gasteiger partial charge in [-0.05, 0) is 68.5 Å². The van der Waals surface area contributed by atoms with E-state index in [2.05, 4.69) is 10.6 Å². The van der Waals surface area contributed by atoms with Crippen molar-refractivity contribution in [1.82, 2.24) is 5.32 Å². The largest absolute Gasteiger partial charge is 0.494 e. The Morgan fingerprint density at radius 1 is 0.905 bits per heavy atom. The number of carboxylic acids is 1. The number of anilines is 1. The average Bonchev–Trinajstić information content (AvgIpc) is 3.60. The highest BCUT2D eigenvalue weighted by molar-refractivity contribution is 6.12. The van der Waals surface area contributed by atoms with Crippen LogP contribution in [0, 0.1) is 11.3 Å². The Morgan fingerprint density at radius 3 is 2.29 bits per heavy atom. The number of benzene rings is 3. The van der Waals surface area contributed by atoms with E-state index < -0.39 is 12.0 Å². The molecule has 2 saturated carbocycles. The number of ketones is 2. The highest BCUT2D eigenvalue weighted by Crippen LogP contribution is 2.49. The third-order valence-corrected chi connectivity index (χ3v) is 8.53. The van der Waals surface area contributed by atoms with Crippen LogP contribution in [-0.4, -0.2) is 48.4 Å². The van der Waals surface area contributed by atoms with Crippen molar-refractivity contribution in [3.63, 3.8) is 0 Å². The van der Waals surface area contributed by atoms with E-state index in [0.717, 1.165) is 56.5 Å². The first kappa shape index (κ1) is 29.5. The number of ether oxygens (including phenoxy) is 1. The molecule has 0 radical (unpaired) electrons. The fourth-order valence-corrected chi connectivity index (χ4v) is 5.89. The number of hydrogen-bond acceptors (Lipinski definition) is 6. The van der Waals surface area contributed by atoms with Crippen molar-refractivity contribution in [3.05, 3.63) is 95.6 Å². The van der Waals surface area contributed by atoms with Gasteiger partial charge in [0.05, 0.1) is 6.61 Å². The second kappa shape index (κ2) is 13.8. The Morgan fingerprint density at radius 2 is 1.60 bits per heavy atom. The molecule has 3 N–H and O–H groups in total. The maximum Gasteiger partial charge on any atom is 0.326 e. The van der Waals surface area contributed by atoms with Crippen molar-refractivity contribution >= 4 is 23.2 Å². The minimum absolute atomic E-state index is 0.103. The molecular weight excluding hydrogens is 528 g/mol. The van der Waals surface area contributed by atoms with Gasteiger partial charge in [-0.3, -0.25) is 9.59 Å². The van der Waals surface area contributed by atoms with Crippen LogP contribution >= 0.6 is 0 Å². The number of aliphatic carboxylic acids is 1. The summed E-state index contributed by atoms with van der Waals surface area (Å²) in [4.78, 5) is 38.0. The summed E-state index contributed by atoms with van der Waals surface area (Å²) < 4.78 is 5.89. The Hall–Kier alpha value is -3.97.